The molecule has 1 aromatic heterocycles. The molecule has 0 spiro atoms. The van der Waals surface area contributed by atoms with E-state index >= 15 is 0 Å². The Morgan fingerprint density at radius 2 is 1.51 bits per heavy atom. The van der Waals surface area contributed by atoms with E-state index < -0.39 is 60.4 Å². The number of fused-ring (bicyclic) bond motifs is 1. The molecule has 12 heteroatoms. The molecule has 8 N–H and O–H groups in total. The fraction of sp³-hybridized carbons (Fsp3) is 0.286. The second-order valence-electron chi connectivity index (χ2n) is 11.3. The number of aliphatic hydroxyl groups is 1. The Morgan fingerprint density at radius 3 is 2.19 bits per heavy atom. The predicted octanol–water partition coefficient (Wildman–Crippen LogP) is 2.53. The van der Waals surface area contributed by atoms with E-state index in [1.54, 1.807) is 55.5 Å². The van der Waals surface area contributed by atoms with Gasteiger partial charge in [0.05, 0.1) is 36.2 Å². The number of nitrogens with one attached hydrogen (secondary N) is 3. The van der Waals surface area contributed by atoms with Crippen LogP contribution < -0.4 is 27.6 Å². The van der Waals surface area contributed by atoms with Crippen LogP contribution >= 0.6 is 0 Å². The van der Waals surface area contributed by atoms with Crippen LogP contribution in [0.5, 0.6) is 0 Å². The molecule has 5 atom stereocenters. The van der Waals surface area contributed by atoms with Gasteiger partial charge < -0.3 is 26.6 Å². The zero-order valence-corrected chi connectivity index (χ0v) is 26.0. The Kier molecular flexibility index (Phi) is 12.5. The van der Waals surface area contributed by atoms with Crippen LogP contribution in [0.15, 0.2) is 97.1 Å². The molecule has 0 aliphatic carbocycles. The van der Waals surface area contributed by atoms with E-state index in [2.05, 4.69) is 21.2 Å². The number of amides is 3. The van der Waals surface area contributed by atoms with Gasteiger partial charge in [-0.2, -0.15) is 0 Å². The smallest absolute Gasteiger partial charge is 0.421 e. The van der Waals surface area contributed by atoms with Crippen molar-refractivity contribution < 1.29 is 29.0 Å². The Bertz CT molecular complexity index is 1650. The number of ether oxygens (including phenoxy) is 1. The van der Waals surface area contributed by atoms with E-state index in [-0.39, 0.29) is 12.1 Å². The molecule has 47 heavy (non-hydrogen) atoms. The molecule has 0 aliphatic heterocycles. The molecule has 0 saturated heterocycles. The molecule has 4 aromatic rings. The van der Waals surface area contributed by atoms with Gasteiger partial charge in [-0.3, -0.25) is 19.8 Å². The number of ketones is 1. The summed E-state index contributed by atoms with van der Waals surface area (Å²) >= 11 is 0. The normalized spacial score (nSPS) is 14.3. The molecule has 246 valence electrons. The van der Waals surface area contributed by atoms with Crippen molar-refractivity contribution in [2.75, 3.05) is 0 Å². The standard InChI is InChI=1S/C35H40N6O6/c1-22(16-17-23-10-4-2-5-11-23)47-35(46)41-40-33(37)32(44)26(20-24-12-6-3-7-13-24)31(43)29(21-30(36)42)39-34(45)28-19-18-25-14-8-9-15-27(25)38-28/h2-15,18-19,22,26,29,32-33,40,44H,16-17,20-21,37H2,1H3,(H2,36,42)(H,39,45)(H,41,46)/t22?,26-,29+,32-,33?/m1/s1. The molecule has 0 saturated carbocycles. The van der Waals surface area contributed by atoms with E-state index in [0.29, 0.717) is 23.9 Å². The second-order valence-corrected chi connectivity index (χ2v) is 11.3. The van der Waals surface area contributed by atoms with Gasteiger partial charge in [-0.25, -0.2) is 15.2 Å². The maximum absolute atomic E-state index is 14.0. The minimum absolute atomic E-state index is 0.0105. The number of aryl methyl sites for hydroxylation is 1. The maximum Gasteiger partial charge on any atom is 0.421 e. The number of nitrogens with zero attached hydrogens (tertiary/aromatic N) is 1. The number of hydrogen-bond acceptors (Lipinski definition) is 9. The van der Waals surface area contributed by atoms with Gasteiger partial charge in [-0.1, -0.05) is 84.9 Å². The van der Waals surface area contributed by atoms with Gasteiger partial charge in [0, 0.05) is 5.39 Å². The van der Waals surface area contributed by atoms with Crippen molar-refractivity contribution in [1.82, 2.24) is 21.2 Å². The molecule has 0 aliphatic rings. The number of para-hydroxylation sites is 1. The van der Waals surface area contributed by atoms with E-state index in [1.807, 2.05) is 42.5 Å². The Morgan fingerprint density at radius 1 is 0.872 bits per heavy atom. The third kappa shape index (κ3) is 10.4. The number of aliphatic hydroxyl groups excluding tert-OH is 1. The minimum Gasteiger partial charge on any atom is -0.446 e. The second kappa shape index (κ2) is 16.9. The number of carbonyl (C=O) groups is 4. The SMILES string of the molecule is CC(CCc1ccccc1)OC(=O)NNC(N)[C@H](O)[C@H](Cc1ccccc1)C(=O)[C@H](CC(N)=O)NC(=O)c1ccc2ccccc2n1. The number of hydrogen-bond donors (Lipinski definition) is 6. The number of rotatable bonds is 16. The summed E-state index contributed by atoms with van der Waals surface area (Å²) in [6.07, 6.45) is -3.37. The van der Waals surface area contributed by atoms with Crippen molar-refractivity contribution in [2.24, 2.45) is 17.4 Å². The fourth-order valence-electron chi connectivity index (χ4n) is 5.13. The zero-order valence-electron chi connectivity index (χ0n) is 26.0. The Balaban J connectivity index is 1.44. The van der Waals surface area contributed by atoms with E-state index in [9.17, 15) is 24.3 Å². The number of Topliss-reactive ketones (excluding diaryl/α,β-unsaturated/α-hetero) is 1. The number of pyridine rings is 1. The van der Waals surface area contributed by atoms with Crippen molar-refractivity contribution in [3.8, 4) is 0 Å². The molecular formula is C35H40N6O6. The molecule has 2 unspecified atom stereocenters. The van der Waals surface area contributed by atoms with Crippen LogP contribution in [0.4, 0.5) is 4.79 Å². The van der Waals surface area contributed by atoms with E-state index in [0.717, 1.165) is 10.9 Å². The number of primary amides is 1. The lowest BCUT2D eigenvalue weighted by Crippen LogP contribution is -2.59. The van der Waals surface area contributed by atoms with Gasteiger partial charge in [-0.15, -0.1) is 0 Å². The van der Waals surface area contributed by atoms with Crippen LogP contribution in [0.25, 0.3) is 10.9 Å². The van der Waals surface area contributed by atoms with Gasteiger partial charge >= 0.3 is 6.09 Å². The highest BCUT2D eigenvalue weighted by Gasteiger charge is 2.37. The average Bonchev–Trinajstić information content (AvgIpc) is 3.08. The van der Waals surface area contributed by atoms with Crippen molar-refractivity contribution in [3.63, 3.8) is 0 Å². The molecule has 1 heterocycles. The molecule has 3 amide bonds. The monoisotopic (exact) mass is 640 g/mol. The summed E-state index contributed by atoms with van der Waals surface area (Å²) in [5.74, 6) is -3.44. The van der Waals surface area contributed by atoms with Crippen molar-refractivity contribution >= 4 is 34.6 Å². The van der Waals surface area contributed by atoms with Crippen molar-refractivity contribution in [1.29, 1.82) is 0 Å². The van der Waals surface area contributed by atoms with Crippen LogP contribution in [-0.4, -0.2) is 58.2 Å². The number of nitrogens with two attached hydrogens (primary N) is 2. The number of aromatic nitrogens is 1. The number of carbonyl (C=O) groups excluding carboxylic acids is 4. The number of benzene rings is 3. The molecule has 12 nitrogen and oxygen atoms in total. The lowest BCUT2D eigenvalue weighted by molar-refractivity contribution is -0.131. The van der Waals surface area contributed by atoms with Gasteiger partial charge in [0.2, 0.25) is 5.91 Å². The molecule has 0 fully saturated rings. The predicted molar refractivity (Wildman–Crippen MR) is 176 cm³/mol. The summed E-state index contributed by atoms with van der Waals surface area (Å²) in [5.41, 5.74) is 18.9. The summed E-state index contributed by atoms with van der Waals surface area (Å²) < 4.78 is 5.38. The highest BCUT2D eigenvalue weighted by atomic mass is 16.6. The number of hydrazine groups is 1. The summed E-state index contributed by atoms with van der Waals surface area (Å²) in [4.78, 5) is 56.0. The summed E-state index contributed by atoms with van der Waals surface area (Å²) in [6.45, 7) is 1.76. The highest BCUT2D eigenvalue weighted by Crippen LogP contribution is 2.19. The van der Waals surface area contributed by atoms with E-state index in [1.165, 1.54) is 6.07 Å². The van der Waals surface area contributed by atoms with E-state index in [4.69, 9.17) is 16.2 Å². The third-order valence-electron chi connectivity index (χ3n) is 7.66. The molecule has 0 radical (unpaired) electrons. The van der Waals surface area contributed by atoms with Gasteiger partial charge in [0.15, 0.2) is 5.78 Å². The largest absolute Gasteiger partial charge is 0.446 e. The summed E-state index contributed by atoms with van der Waals surface area (Å²) in [7, 11) is 0. The van der Waals surface area contributed by atoms with Crippen LogP contribution in [0, 0.1) is 5.92 Å². The van der Waals surface area contributed by atoms with Crippen LogP contribution in [0.3, 0.4) is 0 Å². The first-order chi connectivity index (χ1) is 22.6. The Hall–Kier alpha value is -5.17. The first-order valence-electron chi connectivity index (χ1n) is 15.3. The van der Waals surface area contributed by atoms with Gasteiger partial charge in [0.1, 0.15) is 11.8 Å². The molecule has 3 aromatic carbocycles. The topological polar surface area (TPSA) is 199 Å². The van der Waals surface area contributed by atoms with Gasteiger partial charge in [-0.05, 0) is 49.4 Å². The highest BCUT2D eigenvalue weighted by molar-refractivity contribution is 6.00. The van der Waals surface area contributed by atoms with Gasteiger partial charge in [0.25, 0.3) is 5.91 Å². The molecule has 0 bridgehead atoms. The zero-order chi connectivity index (χ0) is 33.8. The van der Waals surface area contributed by atoms with Crippen molar-refractivity contribution in [2.45, 2.75) is 57.0 Å². The summed E-state index contributed by atoms with van der Waals surface area (Å²) in [5, 5.41) is 14.7. The first kappa shape index (κ1) is 34.7. The Labute approximate surface area is 272 Å². The van der Waals surface area contributed by atoms with Crippen LogP contribution in [0.2, 0.25) is 0 Å². The maximum atomic E-state index is 14.0. The fourth-order valence-corrected chi connectivity index (χ4v) is 5.13. The average molecular weight is 641 g/mol. The molecular weight excluding hydrogens is 600 g/mol. The summed E-state index contributed by atoms with van der Waals surface area (Å²) in [6, 6.07) is 27.7. The lowest BCUT2D eigenvalue weighted by Gasteiger charge is -2.30. The van der Waals surface area contributed by atoms with Crippen molar-refractivity contribution in [3.05, 3.63) is 114 Å². The van der Waals surface area contributed by atoms with Crippen LogP contribution in [0.1, 0.15) is 41.4 Å². The first-order valence-corrected chi connectivity index (χ1v) is 15.3. The lowest BCUT2D eigenvalue weighted by atomic mass is 9.84. The third-order valence-corrected chi connectivity index (χ3v) is 7.66. The van der Waals surface area contributed by atoms with Crippen LogP contribution in [-0.2, 0) is 27.2 Å². The minimum atomic E-state index is -1.58. The quantitative estimate of drug-likeness (QED) is 0.0787. The molecule has 4 rings (SSSR count).